The lowest BCUT2D eigenvalue weighted by Crippen LogP contribution is -2.23. The van der Waals surface area contributed by atoms with E-state index in [1.165, 1.54) is 57.4 Å². The van der Waals surface area contributed by atoms with Gasteiger partial charge in [-0.15, -0.1) is 0 Å². The Bertz CT molecular complexity index is 1450. The number of aryl methyl sites for hydroxylation is 2. The minimum atomic E-state index is -0.770. The quantitative estimate of drug-likeness (QED) is 0.0897. The summed E-state index contributed by atoms with van der Waals surface area (Å²) in [5.41, 5.74) is 4.99. The topological polar surface area (TPSA) is 97.6 Å². The van der Waals surface area contributed by atoms with Gasteiger partial charge in [-0.25, -0.2) is 15.0 Å². The second-order valence-electron chi connectivity index (χ2n) is 12.1. The number of hydrogen-bond acceptors (Lipinski definition) is 7. The van der Waals surface area contributed by atoms with Crippen molar-refractivity contribution in [3.63, 3.8) is 0 Å². The number of aliphatic hydroxyl groups excluding tert-OH is 1. The number of benzene rings is 2. The zero-order valence-corrected chi connectivity index (χ0v) is 28.4. The molecule has 0 saturated carbocycles. The van der Waals surface area contributed by atoms with Crippen LogP contribution in [0.3, 0.4) is 0 Å². The Morgan fingerprint density at radius 1 is 0.848 bits per heavy atom. The molecule has 2 aromatic carbocycles. The lowest BCUT2D eigenvalue weighted by atomic mass is 10.0. The summed E-state index contributed by atoms with van der Waals surface area (Å²) in [4.78, 5) is 14.2. The first kappa shape index (κ1) is 36.7. The van der Waals surface area contributed by atoms with Crippen LogP contribution in [0.2, 0.25) is 0 Å². The SMILES string of the molecule is C=C/C=C(\C(=C)C)c1nc(-c2ccc(C)cc2C)nc(-c2ccc(OCC(O)COCCCCCCCCCCCC)cc2O)n1. The Kier molecular flexibility index (Phi) is 15.7. The summed E-state index contributed by atoms with van der Waals surface area (Å²) in [5.74, 6) is 1.63. The number of allylic oxidation sites excluding steroid dienone is 4. The Labute approximate surface area is 276 Å². The first-order chi connectivity index (χ1) is 22.2. The van der Waals surface area contributed by atoms with E-state index in [2.05, 4.69) is 26.1 Å². The van der Waals surface area contributed by atoms with Crippen LogP contribution in [0, 0.1) is 13.8 Å². The standard InChI is InChI=1S/C39H53N3O4/c1-7-9-10-11-12-13-14-15-16-17-23-45-26-31(43)27-46-32-20-22-35(36(44)25-32)39-41-37(33(18-8-2)28(3)4)40-38(42-39)34-21-19-29(5)24-30(34)6/h8,18-22,24-25,31,43-44H,2-3,7,9-17,23,26-27H2,1,4-6H3/b33-18+. The van der Waals surface area contributed by atoms with E-state index in [-0.39, 0.29) is 19.0 Å². The molecule has 7 heteroatoms. The number of aliphatic hydroxyl groups is 1. The Morgan fingerprint density at radius 3 is 2.09 bits per heavy atom. The van der Waals surface area contributed by atoms with Crippen molar-refractivity contribution in [1.82, 2.24) is 15.0 Å². The molecule has 0 saturated heterocycles. The van der Waals surface area contributed by atoms with Gasteiger partial charge in [0.15, 0.2) is 17.5 Å². The number of nitrogens with zero attached hydrogens (tertiary/aromatic N) is 3. The predicted molar refractivity (Wildman–Crippen MR) is 189 cm³/mol. The first-order valence-corrected chi connectivity index (χ1v) is 16.8. The maximum atomic E-state index is 11.0. The molecular weight excluding hydrogens is 574 g/mol. The van der Waals surface area contributed by atoms with E-state index in [0.29, 0.717) is 35.4 Å². The van der Waals surface area contributed by atoms with Crippen LogP contribution in [0.5, 0.6) is 11.5 Å². The van der Waals surface area contributed by atoms with Crippen molar-refractivity contribution in [3.05, 3.63) is 84.2 Å². The molecule has 1 heterocycles. The Morgan fingerprint density at radius 2 is 1.48 bits per heavy atom. The van der Waals surface area contributed by atoms with E-state index >= 15 is 0 Å². The molecule has 0 aliphatic carbocycles. The van der Waals surface area contributed by atoms with Crippen molar-refractivity contribution < 1.29 is 19.7 Å². The second kappa shape index (κ2) is 19.6. The zero-order valence-electron chi connectivity index (χ0n) is 28.4. The molecule has 0 radical (unpaired) electrons. The largest absolute Gasteiger partial charge is 0.507 e. The van der Waals surface area contributed by atoms with Crippen molar-refractivity contribution >= 4 is 5.57 Å². The van der Waals surface area contributed by atoms with Crippen LogP contribution >= 0.6 is 0 Å². The highest BCUT2D eigenvalue weighted by atomic mass is 16.5. The highest BCUT2D eigenvalue weighted by Crippen LogP contribution is 2.33. The summed E-state index contributed by atoms with van der Waals surface area (Å²) in [6, 6.07) is 11.0. The molecule has 248 valence electrons. The third kappa shape index (κ3) is 11.8. The average Bonchev–Trinajstić information content (AvgIpc) is 3.02. The van der Waals surface area contributed by atoms with Crippen molar-refractivity contribution in [3.8, 4) is 34.3 Å². The van der Waals surface area contributed by atoms with Crippen molar-refractivity contribution in [1.29, 1.82) is 0 Å². The highest BCUT2D eigenvalue weighted by molar-refractivity contribution is 5.78. The minimum absolute atomic E-state index is 0.0440. The molecule has 0 bridgehead atoms. The molecule has 0 aliphatic heterocycles. The van der Waals surface area contributed by atoms with Gasteiger partial charge in [0.1, 0.15) is 24.2 Å². The third-order valence-corrected chi connectivity index (χ3v) is 7.85. The summed E-state index contributed by atoms with van der Waals surface area (Å²) in [5, 5.41) is 21.4. The molecule has 0 fully saturated rings. The van der Waals surface area contributed by atoms with E-state index in [1.54, 1.807) is 18.2 Å². The molecule has 7 nitrogen and oxygen atoms in total. The van der Waals surface area contributed by atoms with Gasteiger partial charge in [0.2, 0.25) is 0 Å². The van der Waals surface area contributed by atoms with Gasteiger partial charge in [0.05, 0.1) is 12.2 Å². The summed E-state index contributed by atoms with van der Waals surface area (Å²) in [6.07, 6.45) is 15.4. The van der Waals surface area contributed by atoms with Crippen LogP contribution in [-0.4, -0.2) is 51.1 Å². The lowest BCUT2D eigenvalue weighted by molar-refractivity contribution is 0.0109. The maximum Gasteiger partial charge on any atom is 0.167 e. The maximum absolute atomic E-state index is 11.0. The number of phenolic OH excluding ortho intramolecular Hbond substituents is 1. The van der Waals surface area contributed by atoms with Crippen LogP contribution in [0.25, 0.3) is 28.3 Å². The number of ether oxygens (including phenoxy) is 2. The molecule has 3 rings (SSSR count). The van der Waals surface area contributed by atoms with Gasteiger partial charge in [-0.05, 0) is 50.5 Å². The fraction of sp³-hybridized carbons (Fsp3) is 0.462. The first-order valence-electron chi connectivity index (χ1n) is 16.8. The predicted octanol–water partition coefficient (Wildman–Crippen LogP) is 9.35. The van der Waals surface area contributed by atoms with Gasteiger partial charge in [0.25, 0.3) is 0 Å². The van der Waals surface area contributed by atoms with E-state index in [9.17, 15) is 10.2 Å². The van der Waals surface area contributed by atoms with E-state index < -0.39 is 6.10 Å². The molecule has 0 amide bonds. The van der Waals surface area contributed by atoms with Crippen LogP contribution in [0.1, 0.15) is 95.0 Å². The van der Waals surface area contributed by atoms with Crippen LogP contribution < -0.4 is 4.74 Å². The number of phenols is 1. The lowest BCUT2D eigenvalue weighted by Gasteiger charge is -2.15. The van der Waals surface area contributed by atoms with Crippen LogP contribution in [0.15, 0.2) is 67.3 Å². The molecular formula is C39H53N3O4. The number of rotatable bonds is 21. The molecule has 1 aromatic heterocycles. The molecule has 46 heavy (non-hydrogen) atoms. The molecule has 1 atom stereocenters. The summed E-state index contributed by atoms with van der Waals surface area (Å²) < 4.78 is 11.4. The van der Waals surface area contributed by atoms with Crippen LogP contribution in [-0.2, 0) is 4.74 Å². The average molecular weight is 628 g/mol. The van der Waals surface area contributed by atoms with Gasteiger partial charge < -0.3 is 19.7 Å². The Balaban J connectivity index is 1.59. The van der Waals surface area contributed by atoms with Crippen molar-refractivity contribution in [2.75, 3.05) is 19.8 Å². The fourth-order valence-corrected chi connectivity index (χ4v) is 5.27. The number of aromatic nitrogens is 3. The fourth-order valence-electron chi connectivity index (χ4n) is 5.27. The van der Waals surface area contributed by atoms with Crippen molar-refractivity contribution in [2.45, 2.75) is 98.0 Å². The third-order valence-electron chi connectivity index (χ3n) is 7.85. The monoisotopic (exact) mass is 627 g/mol. The van der Waals surface area contributed by atoms with Gasteiger partial charge in [-0.1, -0.05) is 114 Å². The smallest absolute Gasteiger partial charge is 0.167 e. The van der Waals surface area contributed by atoms with E-state index in [4.69, 9.17) is 24.4 Å². The van der Waals surface area contributed by atoms with Crippen molar-refractivity contribution in [2.24, 2.45) is 0 Å². The van der Waals surface area contributed by atoms with Gasteiger partial charge >= 0.3 is 0 Å². The van der Waals surface area contributed by atoms with E-state index in [0.717, 1.165) is 40.7 Å². The summed E-state index contributed by atoms with van der Waals surface area (Å²) in [6.45, 7) is 17.0. The second-order valence-corrected chi connectivity index (χ2v) is 12.1. The minimum Gasteiger partial charge on any atom is -0.507 e. The summed E-state index contributed by atoms with van der Waals surface area (Å²) in [7, 11) is 0. The number of hydrogen-bond donors (Lipinski definition) is 2. The normalized spacial score (nSPS) is 12.2. The highest BCUT2D eigenvalue weighted by Gasteiger charge is 2.18. The van der Waals surface area contributed by atoms with Gasteiger partial charge in [0, 0.05) is 23.8 Å². The van der Waals surface area contributed by atoms with Gasteiger partial charge in [-0.3, -0.25) is 0 Å². The number of aromatic hydroxyl groups is 1. The number of unbranched alkanes of at least 4 members (excludes halogenated alkanes) is 9. The molecule has 0 spiro atoms. The van der Waals surface area contributed by atoms with Gasteiger partial charge in [-0.2, -0.15) is 0 Å². The molecule has 2 N–H and O–H groups in total. The summed E-state index contributed by atoms with van der Waals surface area (Å²) >= 11 is 0. The molecule has 0 aliphatic rings. The van der Waals surface area contributed by atoms with E-state index in [1.807, 2.05) is 39.0 Å². The molecule has 1 unspecified atom stereocenters. The van der Waals surface area contributed by atoms with Crippen LogP contribution in [0.4, 0.5) is 0 Å². The zero-order chi connectivity index (χ0) is 33.3. The molecule has 3 aromatic rings. The Hall–Kier alpha value is -3.81.